The molecule has 0 radical (unpaired) electrons. The number of nitrogens with zero attached hydrogens (tertiary/aromatic N) is 2. The van der Waals surface area contributed by atoms with Crippen molar-refractivity contribution in [2.24, 2.45) is 0 Å². The summed E-state index contributed by atoms with van der Waals surface area (Å²) in [7, 11) is 4.41. The summed E-state index contributed by atoms with van der Waals surface area (Å²) in [4.78, 5) is 12.8. The predicted octanol–water partition coefficient (Wildman–Crippen LogP) is 4.21. The summed E-state index contributed by atoms with van der Waals surface area (Å²) in [6, 6.07) is 6.38. The number of anilines is 1. The lowest BCUT2D eigenvalue weighted by atomic mass is 10.1. The third kappa shape index (κ3) is 5.68. The molecule has 1 N–H and O–H groups in total. The first-order valence-corrected chi connectivity index (χ1v) is 11.0. The van der Waals surface area contributed by atoms with Crippen LogP contribution in [0.25, 0.3) is 11.5 Å². The van der Waals surface area contributed by atoms with E-state index < -0.39 is 5.91 Å². The zero-order valence-corrected chi connectivity index (χ0v) is 20.6. The second kappa shape index (κ2) is 11.8. The Morgan fingerprint density at radius 3 is 1.83 bits per heavy atom. The van der Waals surface area contributed by atoms with Crippen LogP contribution in [0.1, 0.15) is 31.1 Å². The Balaban J connectivity index is 1.90. The molecule has 2 aromatic carbocycles. The quantitative estimate of drug-likeness (QED) is 0.397. The van der Waals surface area contributed by atoms with E-state index in [1.807, 2.05) is 20.8 Å². The van der Waals surface area contributed by atoms with E-state index in [0.29, 0.717) is 59.9 Å². The van der Waals surface area contributed by atoms with Crippen LogP contribution in [-0.2, 0) is 0 Å². The topological polar surface area (TPSA) is 123 Å². The fourth-order valence-corrected chi connectivity index (χ4v) is 3.28. The van der Waals surface area contributed by atoms with E-state index in [-0.39, 0.29) is 17.5 Å². The van der Waals surface area contributed by atoms with E-state index in [9.17, 15) is 4.79 Å². The fraction of sp³-hybridized carbons (Fsp3) is 0.375. The number of ether oxygens (including phenoxy) is 6. The summed E-state index contributed by atoms with van der Waals surface area (Å²) in [6.45, 7) is 6.90. The van der Waals surface area contributed by atoms with E-state index in [1.165, 1.54) is 33.5 Å². The fourth-order valence-electron chi connectivity index (χ4n) is 3.28. The standard InChI is InChI=1S/C24H29N3O8/c1-7-32-18-12-15(13-19(33-8-2)21(18)34-9-3)23-26-27-24(35-23)25-22(28)14-10-16(29-4)20(31-6)17(11-14)30-5/h10-13H,7-9H2,1-6H3,(H,25,27,28). The minimum atomic E-state index is -0.504. The highest BCUT2D eigenvalue weighted by Gasteiger charge is 2.21. The van der Waals surface area contributed by atoms with Gasteiger partial charge < -0.3 is 32.8 Å². The average molecular weight is 488 g/mol. The molecule has 0 bridgehead atoms. The van der Waals surface area contributed by atoms with Gasteiger partial charge in [-0.2, -0.15) is 0 Å². The van der Waals surface area contributed by atoms with E-state index in [2.05, 4.69) is 15.5 Å². The van der Waals surface area contributed by atoms with Gasteiger partial charge >= 0.3 is 6.01 Å². The molecule has 0 atom stereocenters. The summed E-state index contributed by atoms with van der Waals surface area (Å²) in [6.07, 6.45) is 0. The van der Waals surface area contributed by atoms with Crippen LogP contribution in [0.15, 0.2) is 28.7 Å². The van der Waals surface area contributed by atoms with Crippen molar-refractivity contribution in [2.75, 3.05) is 46.5 Å². The van der Waals surface area contributed by atoms with Crippen molar-refractivity contribution in [3.05, 3.63) is 29.8 Å². The maximum Gasteiger partial charge on any atom is 0.322 e. The van der Waals surface area contributed by atoms with Crippen molar-refractivity contribution >= 4 is 11.9 Å². The zero-order chi connectivity index (χ0) is 25.4. The molecule has 3 aromatic rings. The summed E-state index contributed by atoms with van der Waals surface area (Å²) in [5.74, 6) is 2.17. The van der Waals surface area contributed by atoms with Gasteiger partial charge in [-0.1, -0.05) is 5.10 Å². The van der Waals surface area contributed by atoms with Gasteiger partial charge in [0, 0.05) is 11.1 Å². The van der Waals surface area contributed by atoms with Crippen molar-refractivity contribution in [1.82, 2.24) is 10.2 Å². The highest BCUT2D eigenvalue weighted by atomic mass is 16.5. The molecule has 1 heterocycles. The van der Waals surface area contributed by atoms with Gasteiger partial charge in [0.15, 0.2) is 23.0 Å². The first-order chi connectivity index (χ1) is 17.0. The number of rotatable bonds is 12. The Morgan fingerprint density at radius 2 is 1.34 bits per heavy atom. The lowest BCUT2D eigenvalue weighted by molar-refractivity contribution is 0.102. The number of nitrogens with one attached hydrogen (secondary N) is 1. The maximum atomic E-state index is 12.8. The van der Waals surface area contributed by atoms with Crippen LogP contribution in [0.4, 0.5) is 6.01 Å². The molecule has 0 spiro atoms. The Morgan fingerprint density at radius 1 is 0.771 bits per heavy atom. The summed E-state index contributed by atoms with van der Waals surface area (Å²) in [5, 5.41) is 10.6. The minimum Gasteiger partial charge on any atom is -0.493 e. The molecule has 0 saturated carbocycles. The number of carbonyl (C=O) groups is 1. The van der Waals surface area contributed by atoms with Gasteiger partial charge in [0.1, 0.15) is 0 Å². The third-order valence-electron chi connectivity index (χ3n) is 4.73. The Kier molecular flexibility index (Phi) is 8.60. The smallest absolute Gasteiger partial charge is 0.322 e. The van der Waals surface area contributed by atoms with E-state index in [1.54, 1.807) is 12.1 Å². The van der Waals surface area contributed by atoms with Gasteiger partial charge in [-0.25, -0.2) is 0 Å². The highest BCUT2D eigenvalue weighted by molar-refractivity contribution is 6.04. The third-order valence-corrected chi connectivity index (χ3v) is 4.73. The van der Waals surface area contributed by atoms with E-state index in [0.717, 1.165) is 0 Å². The highest BCUT2D eigenvalue weighted by Crippen LogP contribution is 2.42. The summed E-state index contributed by atoms with van der Waals surface area (Å²) in [5.41, 5.74) is 0.790. The summed E-state index contributed by atoms with van der Waals surface area (Å²) >= 11 is 0. The van der Waals surface area contributed by atoms with Gasteiger partial charge in [-0.05, 0) is 45.0 Å². The molecule has 1 amide bonds. The minimum absolute atomic E-state index is 0.0939. The first-order valence-electron chi connectivity index (χ1n) is 11.0. The van der Waals surface area contributed by atoms with E-state index in [4.69, 9.17) is 32.8 Å². The molecule has 35 heavy (non-hydrogen) atoms. The average Bonchev–Trinajstić information content (AvgIpc) is 3.33. The molecule has 0 unspecified atom stereocenters. The normalized spacial score (nSPS) is 10.5. The number of carbonyl (C=O) groups excluding carboxylic acids is 1. The van der Waals surface area contributed by atoms with Crippen molar-refractivity contribution in [3.63, 3.8) is 0 Å². The van der Waals surface area contributed by atoms with Crippen LogP contribution in [-0.4, -0.2) is 57.3 Å². The number of hydrogen-bond acceptors (Lipinski definition) is 10. The molecule has 11 nitrogen and oxygen atoms in total. The molecule has 0 aliphatic carbocycles. The van der Waals surface area contributed by atoms with Crippen LogP contribution in [0.5, 0.6) is 34.5 Å². The Labute approximate surface area is 203 Å². The zero-order valence-electron chi connectivity index (χ0n) is 20.6. The number of aromatic nitrogens is 2. The molecule has 0 fully saturated rings. The monoisotopic (exact) mass is 487 g/mol. The van der Waals surface area contributed by atoms with Crippen LogP contribution in [0.3, 0.4) is 0 Å². The molecule has 188 valence electrons. The number of amides is 1. The first kappa shape index (κ1) is 25.5. The van der Waals surface area contributed by atoms with Gasteiger partial charge in [-0.15, -0.1) is 5.10 Å². The molecule has 11 heteroatoms. The molecule has 0 saturated heterocycles. The van der Waals surface area contributed by atoms with Gasteiger partial charge in [-0.3, -0.25) is 10.1 Å². The Bertz CT molecular complexity index is 1110. The lowest BCUT2D eigenvalue weighted by Gasteiger charge is -2.16. The van der Waals surface area contributed by atoms with Crippen LogP contribution in [0, 0.1) is 0 Å². The molecule has 0 aliphatic rings. The lowest BCUT2D eigenvalue weighted by Crippen LogP contribution is -2.13. The molecular formula is C24H29N3O8. The van der Waals surface area contributed by atoms with Crippen molar-refractivity contribution < 1.29 is 37.6 Å². The maximum absolute atomic E-state index is 12.8. The molecular weight excluding hydrogens is 458 g/mol. The summed E-state index contributed by atoms with van der Waals surface area (Å²) < 4.78 is 38.8. The Hall–Kier alpha value is -4.15. The van der Waals surface area contributed by atoms with Crippen LogP contribution < -0.4 is 33.7 Å². The van der Waals surface area contributed by atoms with Gasteiger partial charge in [0.25, 0.3) is 5.91 Å². The second-order valence-electron chi connectivity index (χ2n) is 6.88. The van der Waals surface area contributed by atoms with Gasteiger partial charge in [0.05, 0.1) is 41.2 Å². The number of methoxy groups -OCH3 is 3. The predicted molar refractivity (Wildman–Crippen MR) is 127 cm³/mol. The van der Waals surface area contributed by atoms with Gasteiger partial charge in [0.2, 0.25) is 17.4 Å². The second-order valence-corrected chi connectivity index (χ2v) is 6.88. The molecule has 3 rings (SSSR count). The molecule has 0 aliphatic heterocycles. The SMILES string of the molecule is CCOc1cc(-c2nnc(NC(=O)c3cc(OC)c(OC)c(OC)c3)o2)cc(OCC)c1OCC. The number of hydrogen-bond donors (Lipinski definition) is 1. The van der Waals surface area contributed by atoms with Crippen LogP contribution in [0.2, 0.25) is 0 Å². The van der Waals surface area contributed by atoms with Crippen LogP contribution >= 0.6 is 0 Å². The van der Waals surface area contributed by atoms with Crippen molar-refractivity contribution in [3.8, 4) is 46.0 Å². The number of benzene rings is 2. The van der Waals surface area contributed by atoms with E-state index >= 15 is 0 Å². The largest absolute Gasteiger partial charge is 0.493 e. The van der Waals surface area contributed by atoms with Crippen molar-refractivity contribution in [1.29, 1.82) is 0 Å². The molecule has 1 aromatic heterocycles. The van der Waals surface area contributed by atoms with Crippen molar-refractivity contribution in [2.45, 2.75) is 20.8 Å².